The van der Waals surface area contributed by atoms with Crippen LogP contribution in [0.4, 0.5) is 0 Å². The second-order valence-electron chi connectivity index (χ2n) is 13.2. The van der Waals surface area contributed by atoms with E-state index in [4.69, 9.17) is 39.4 Å². The van der Waals surface area contributed by atoms with Crippen LogP contribution >= 0.6 is 0 Å². The average Bonchev–Trinajstić information content (AvgIpc) is 2.94. The average molecular weight is 539 g/mol. The number of aliphatic hydroxyl groups is 4. The van der Waals surface area contributed by atoms with Gasteiger partial charge in [0.15, 0.2) is 17.4 Å². The van der Waals surface area contributed by atoms with Gasteiger partial charge in [-0.25, -0.2) is 0 Å². The zero-order valence-corrected chi connectivity index (χ0v) is 26.5. The summed E-state index contributed by atoms with van der Waals surface area (Å²) < 4.78 is 23.0. The van der Waals surface area contributed by atoms with Crippen LogP contribution in [0.15, 0.2) is 0 Å². The van der Waals surface area contributed by atoms with Crippen LogP contribution in [0.5, 0.6) is 0 Å². The normalized spacial score (nSPS) is 23.9. The highest BCUT2D eigenvalue weighted by Gasteiger charge is 2.55. The molecule has 2 aliphatic rings. The first kappa shape index (κ1) is 38.5. The van der Waals surface area contributed by atoms with Crippen molar-refractivity contribution in [1.29, 1.82) is 0 Å². The lowest BCUT2D eigenvalue weighted by molar-refractivity contribution is -0.200. The van der Waals surface area contributed by atoms with E-state index >= 15 is 0 Å². The number of hydrogen-bond acceptors (Lipinski definition) is 9. The molecule has 0 aliphatic carbocycles. The number of aliphatic hydroxyl groups excluding tert-OH is 2. The largest absolute Gasteiger partial charge is 0.391 e. The number of Topliss-reactive ketones (excluding diaryl/α,β-unsaturated/α-hetero) is 1. The van der Waals surface area contributed by atoms with Crippen LogP contribution in [0, 0.1) is 0 Å². The topological polar surface area (TPSA) is 135 Å². The lowest BCUT2D eigenvalue weighted by atomic mass is 9.90. The van der Waals surface area contributed by atoms with Gasteiger partial charge >= 0.3 is 0 Å². The molecular weight excluding hydrogens is 480 g/mol. The maximum Gasteiger partial charge on any atom is 0.190 e. The summed E-state index contributed by atoms with van der Waals surface area (Å²) in [6.45, 7) is 29.2. The van der Waals surface area contributed by atoms with Gasteiger partial charge in [0.05, 0.1) is 40.2 Å². The third-order valence-electron chi connectivity index (χ3n) is 7.43. The summed E-state index contributed by atoms with van der Waals surface area (Å²) in [5, 5.41) is 35.0. The first-order valence-electron chi connectivity index (χ1n) is 12.9. The quantitative estimate of drug-likeness (QED) is 0.417. The van der Waals surface area contributed by atoms with Crippen LogP contribution < -0.4 is 0 Å². The molecule has 9 heteroatoms. The molecule has 0 aromatic heterocycles. The molecule has 0 unspecified atom stereocenters. The van der Waals surface area contributed by atoms with Gasteiger partial charge in [-0.2, -0.15) is 0 Å². The molecule has 2 aliphatic heterocycles. The molecular formula is C28H58O9. The van der Waals surface area contributed by atoms with E-state index in [2.05, 4.69) is 34.6 Å². The highest BCUT2D eigenvalue weighted by Crippen LogP contribution is 2.45. The van der Waals surface area contributed by atoms with Gasteiger partial charge in [-0.05, 0) is 110 Å². The SMILES string of the molecule is CC(=O)CO.CC(C)(O)C(C)(C)O.CC1(CO)OC(C)(C)C(C)(C)O1.CCC1(C)OC(C)(C)C(C)(C)O1. The summed E-state index contributed by atoms with van der Waals surface area (Å²) in [6, 6.07) is 0. The van der Waals surface area contributed by atoms with E-state index in [1.54, 1.807) is 34.6 Å². The van der Waals surface area contributed by atoms with Crippen molar-refractivity contribution in [1.82, 2.24) is 0 Å². The van der Waals surface area contributed by atoms with E-state index in [1.807, 2.05) is 34.6 Å². The third kappa shape index (κ3) is 11.5. The van der Waals surface area contributed by atoms with Crippen LogP contribution in [0.1, 0.15) is 117 Å². The van der Waals surface area contributed by atoms with Gasteiger partial charge < -0.3 is 39.4 Å². The summed E-state index contributed by atoms with van der Waals surface area (Å²) >= 11 is 0. The highest BCUT2D eigenvalue weighted by atomic mass is 16.8. The van der Waals surface area contributed by atoms with E-state index in [9.17, 15) is 4.79 Å². The van der Waals surface area contributed by atoms with Gasteiger partial charge in [-0.15, -0.1) is 0 Å². The molecule has 9 nitrogen and oxygen atoms in total. The molecule has 2 heterocycles. The minimum Gasteiger partial charge on any atom is -0.391 e. The molecule has 0 bridgehead atoms. The predicted octanol–water partition coefficient (Wildman–Crippen LogP) is 4.11. The molecule has 0 spiro atoms. The van der Waals surface area contributed by atoms with E-state index in [0.29, 0.717) is 0 Å². The van der Waals surface area contributed by atoms with Gasteiger partial charge in [-0.1, -0.05) is 6.92 Å². The van der Waals surface area contributed by atoms with Crippen LogP contribution in [0.3, 0.4) is 0 Å². The van der Waals surface area contributed by atoms with Crippen LogP contribution in [-0.2, 0) is 23.7 Å². The van der Waals surface area contributed by atoms with E-state index in [1.165, 1.54) is 6.92 Å². The van der Waals surface area contributed by atoms with Crippen molar-refractivity contribution in [2.45, 2.75) is 162 Å². The van der Waals surface area contributed by atoms with Crippen molar-refractivity contribution < 1.29 is 44.2 Å². The lowest BCUT2D eigenvalue weighted by Crippen LogP contribution is -2.44. The van der Waals surface area contributed by atoms with Crippen LogP contribution in [-0.4, -0.2) is 84.6 Å². The Morgan fingerprint density at radius 3 is 0.919 bits per heavy atom. The number of rotatable bonds is 4. The molecule has 0 radical (unpaired) electrons. The van der Waals surface area contributed by atoms with Gasteiger partial charge in [-0.3, -0.25) is 4.79 Å². The Kier molecular flexibility index (Phi) is 13.2. The van der Waals surface area contributed by atoms with E-state index in [0.717, 1.165) is 6.42 Å². The first-order chi connectivity index (χ1) is 16.0. The maximum absolute atomic E-state index is 9.56. The van der Waals surface area contributed by atoms with Gasteiger partial charge in [0, 0.05) is 0 Å². The Bertz CT molecular complexity index is 624. The lowest BCUT2D eigenvalue weighted by Gasteiger charge is -2.31. The number of ether oxygens (including phenoxy) is 4. The Hall–Kier alpha value is -0.650. The fraction of sp³-hybridized carbons (Fsp3) is 0.964. The van der Waals surface area contributed by atoms with Gasteiger partial charge in [0.1, 0.15) is 6.61 Å². The second-order valence-corrected chi connectivity index (χ2v) is 13.2. The summed E-state index contributed by atoms with van der Waals surface area (Å²) in [7, 11) is 0. The Morgan fingerprint density at radius 2 is 0.838 bits per heavy atom. The highest BCUT2D eigenvalue weighted by molar-refractivity contribution is 5.76. The Balaban J connectivity index is 0. The summed E-state index contributed by atoms with van der Waals surface area (Å²) in [5.74, 6) is -1.43. The number of carbonyl (C=O) groups is 1. The first-order valence-corrected chi connectivity index (χ1v) is 12.9. The molecule has 0 aromatic rings. The van der Waals surface area contributed by atoms with Gasteiger partial charge in [0.2, 0.25) is 0 Å². The van der Waals surface area contributed by atoms with Crippen molar-refractivity contribution >= 4 is 5.78 Å². The Labute approximate surface area is 225 Å². The molecule has 224 valence electrons. The molecule has 0 aromatic carbocycles. The molecule has 2 fully saturated rings. The molecule has 37 heavy (non-hydrogen) atoms. The molecule has 0 saturated carbocycles. The van der Waals surface area contributed by atoms with E-state index < -0.39 is 22.8 Å². The van der Waals surface area contributed by atoms with Crippen molar-refractivity contribution in [3.63, 3.8) is 0 Å². The van der Waals surface area contributed by atoms with Crippen molar-refractivity contribution in [2.24, 2.45) is 0 Å². The molecule has 4 N–H and O–H groups in total. The number of hydrogen-bond donors (Lipinski definition) is 4. The molecule has 2 saturated heterocycles. The zero-order valence-electron chi connectivity index (χ0n) is 26.5. The summed E-state index contributed by atoms with van der Waals surface area (Å²) in [6.07, 6.45) is 0.889. The van der Waals surface area contributed by atoms with Gasteiger partial charge in [0.25, 0.3) is 0 Å². The fourth-order valence-corrected chi connectivity index (χ4v) is 2.90. The fourth-order valence-electron chi connectivity index (χ4n) is 2.90. The summed E-state index contributed by atoms with van der Waals surface area (Å²) in [5.41, 5.74) is -3.12. The van der Waals surface area contributed by atoms with Crippen molar-refractivity contribution in [3.8, 4) is 0 Å². The maximum atomic E-state index is 9.56. The second kappa shape index (κ2) is 12.7. The molecule has 0 atom stereocenters. The van der Waals surface area contributed by atoms with Crippen LogP contribution in [0.25, 0.3) is 0 Å². The minimum atomic E-state index is -1.01. The van der Waals surface area contributed by atoms with Crippen LogP contribution in [0.2, 0.25) is 0 Å². The van der Waals surface area contributed by atoms with Crippen molar-refractivity contribution in [3.05, 3.63) is 0 Å². The number of carbonyl (C=O) groups excluding carboxylic acids is 1. The molecule has 2 rings (SSSR count). The zero-order chi connectivity index (χ0) is 30.5. The predicted molar refractivity (Wildman–Crippen MR) is 145 cm³/mol. The standard InChI is InChI=1S/C10H20O2.C9H18O3.C6H14O2.C3H6O2/c1-7-10(6)11-8(2,3)9(4,5)12-10;1-7(2)8(3,4)12-9(5,6-10)11-7;1-5(2,7)6(3,4)8;1-3(5)2-4/h7H2,1-6H3;10H,6H2,1-5H3;7-8H,1-4H3;4H,2H2,1H3. The monoisotopic (exact) mass is 538 g/mol. The van der Waals surface area contributed by atoms with Crippen molar-refractivity contribution in [2.75, 3.05) is 13.2 Å². The molecule has 0 amide bonds. The Morgan fingerprint density at radius 1 is 0.622 bits per heavy atom. The summed E-state index contributed by atoms with van der Waals surface area (Å²) in [4.78, 5) is 9.56. The third-order valence-corrected chi connectivity index (χ3v) is 7.43. The number of ketones is 1. The smallest absolute Gasteiger partial charge is 0.190 e. The van der Waals surface area contributed by atoms with E-state index in [-0.39, 0.29) is 41.4 Å². The minimum absolute atomic E-state index is 0.111.